The molecule has 0 saturated carbocycles. The third-order valence-electron chi connectivity index (χ3n) is 2.67. The maximum atomic E-state index is 13.2. The summed E-state index contributed by atoms with van der Waals surface area (Å²) in [5.41, 5.74) is 0.472. The van der Waals surface area contributed by atoms with E-state index in [9.17, 15) is 14.0 Å². The fraction of sp³-hybridized carbons (Fsp3) is 0.412. The van der Waals surface area contributed by atoms with Crippen LogP contribution in [0.15, 0.2) is 24.3 Å². The number of carbonyl (C=O) groups is 2. The van der Waals surface area contributed by atoms with Crippen molar-refractivity contribution in [2.24, 2.45) is 0 Å². The molecule has 0 saturated heterocycles. The quantitative estimate of drug-likeness (QED) is 0.662. The van der Waals surface area contributed by atoms with Gasteiger partial charge in [0.15, 0.2) is 5.78 Å². The molecular formula is C17H22FNO3. The molecule has 0 atom stereocenters. The van der Waals surface area contributed by atoms with Crippen LogP contribution in [-0.2, 0) is 4.74 Å². The van der Waals surface area contributed by atoms with Crippen molar-refractivity contribution in [2.45, 2.75) is 39.7 Å². The lowest BCUT2D eigenvalue weighted by Crippen LogP contribution is -2.32. The number of ether oxygens (including phenoxy) is 1. The lowest BCUT2D eigenvalue weighted by atomic mass is 10.0. The number of hydrogen-bond acceptors (Lipinski definition) is 3. The Bertz CT molecular complexity index is 574. The normalized spacial score (nSPS) is 11.5. The zero-order chi connectivity index (χ0) is 16.8. The first-order chi connectivity index (χ1) is 10.2. The number of hydrogen-bond donors (Lipinski definition) is 1. The minimum absolute atomic E-state index is 0.119. The fourth-order valence-corrected chi connectivity index (χ4v) is 1.77. The Labute approximate surface area is 130 Å². The van der Waals surface area contributed by atoms with Crippen LogP contribution in [0.1, 0.15) is 50.0 Å². The topological polar surface area (TPSA) is 55.4 Å². The summed E-state index contributed by atoms with van der Waals surface area (Å²) >= 11 is 0. The predicted octanol–water partition coefficient (Wildman–Crippen LogP) is 3.96. The van der Waals surface area contributed by atoms with Crippen LogP contribution in [0.4, 0.5) is 9.18 Å². The van der Waals surface area contributed by atoms with Gasteiger partial charge in [-0.25, -0.2) is 9.18 Å². The second-order valence-electron chi connectivity index (χ2n) is 5.91. The third kappa shape index (κ3) is 6.52. The van der Waals surface area contributed by atoms with Gasteiger partial charge in [-0.2, -0.15) is 0 Å². The standard InChI is InChI=1S/C17H22FNO3/c1-12(20)15-9-8-14(18)11-13(15)7-5-6-10-19-16(21)22-17(2,3)4/h5,7-9,11H,6,10H2,1-4H3,(H,19,21). The highest BCUT2D eigenvalue weighted by Gasteiger charge is 2.15. The van der Waals surface area contributed by atoms with Gasteiger partial charge in [-0.05, 0) is 57.9 Å². The van der Waals surface area contributed by atoms with Gasteiger partial charge in [0, 0.05) is 12.1 Å². The lowest BCUT2D eigenvalue weighted by Gasteiger charge is -2.19. The largest absolute Gasteiger partial charge is 0.444 e. The summed E-state index contributed by atoms with van der Waals surface area (Å²) in [4.78, 5) is 22.9. The molecular weight excluding hydrogens is 285 g/mol. The van der Waals surface area contributed by atoms with Crippen LogP contribution in [-0.4, -0.2) is 24.0 Å². The van der Waals surface area contributed by atoms with Gasteiger partial charge in [0.25, 0.3) is 0 Å². The van der Waals surface area contributed by atoms with Gasteiger partial charge in [-0.15, -0.1) is 0 Å². The van der Waals surface area contributed by atoms with E-state index in [1.54, 1.807) is 32.9 Å². The molecule has 5 heteroatoms. The van der Waals surface area contributed by atoms with Crippen molar-refractivity contribution in [2.75, 3.05) is 6.54 Å². The van der Waals surface area contributed by atoms with E-state index < -0.39 is 17.5 Å². The summed E-state index contributed by atoms with van der Waals surface area (Å²) in [7, 11) is 0. The van der Waals surface area contributed by atoms with Gasteiger partial charge in [0.2, 0.25) is 0 Å². The van der Waals surface area contributed by atoms with Crippen LogP contribution in [0.25, 0.3) is 6.08 Å². The van der Waals surface area contributed by atoms with Crippen LogP contribution in [0.2, 0.25) is 0 Å². The molecule has 4 nitrogen and oxygen atoms in total. The highest BCUT2D eigenvalue weighted by Crippen LogP contribution is 2.14. The maximum Gasteiger partial charge on any atom is 0.407 e. The summed E-state index contributed by atoms with van der Waals surface area (Å²) in [6, 6.07) is 4.04. The molecule has 0 bridgehead atoms. The van der Waals surface area contributed by atoms with Gasteiger partial charge in [0.1, 0.15) is 11.4 Å². The van der Waals surface area contributed by atoms with Crippen LogP contribution in [0.3, 0.4) is 0 Å². The smallest absolute Gasteiger partial charge is 0.407 e. The van der Waals surface area contributed by atoms with E-state index in [1.165, 1.54) is 25.1 Å². The number of nitrogens with one attached hydrogen (secondary N) is 1. The number of amides is 1. The van der Waals surface area contributed by atoms with Crippen molar-refractivity contribution in [3.8, 4) is 0 Å². The highest BCUT2D eigenvalue weighted by molar-refractivity contribution is 5.97. The molecule has 120 valence electrons. The van der Waals surface area contributed by atoms with Crippen LogP contribution < -0.4 is 5.32 Å². The number of alkyl carbamates (subject to hydrolysis) is 1. The Hall–Kier alpha value is -2.17. The van der Waals surface area contributed by atoms with E-state index >= 15 is 0 Å². The van der Waals surface area contributed by atoms with Gasteiger partial charge in [0.05, 0.1) is 0 Å². The third-order valence-corrected chi connectivity index (χ3v) is 2.67. The summed E-state index contributed by atoms with van der Waals surface area (Å²) in [6.07, 6.45) is 3.53. The molecule has 0 aliphatic carbocycles. The van der Waals surface area contributed by atoms with Crippen molar-refractivity contribution < 1.29 is 18.7 Å². The number of benzene rings is 1. The van der Waals surface area contributed by atoms with Crippen LogP contribution in [0, 0.1) is 5.82 Å². The Kier molecular flexibility index (Phi) is 6.28. The summed E-state index contributed by atoms with van der Waals surface area (Å²) in [6.45, 7) is 7.21. The van der Waals surface area contributed by atoms with Crippen molar-refractivity contribution in [3.63, 3.8) is 0 Å². The molecule has 1 aromatic carbocycles. The Morgan fingerprint density at radius 2 is 2.00 bits per heavy atom. The zero-order valence-corrected chi connectivity index (χ0v) is 13.4. The molecule has 0 aromatic heterocycles. The number of rotatable bonds is 5. The first kappa shape index (κ1) is 17.9. The number of halogens is 1. The Morgan fingerprint density at radius 1 is 1.32 bits per heavy atom. The van der Waals surface area contributed by atoms with Gasteiger partial charge < -0.3 is 10.1 Å². The average molecular weight is 307 g/mol. The molecule has 22 heavy (non-hydrogen) atoms. The van der Waals surface area contributed by atoms with Crippen molar-refractivity contribution >= 4 is 18.0 Å². The zero-order valence-electron chi connectivity index (χ0n) is 13.4. The molecule has 0 spiro atoms. The van der Waals surface area contributed by atoms with E-state index in [4.69, 9.17) is 4.74 Å². The predicted molar refractivity (Wildman–Crippen MR) is 84.3 cm³/mol. The maximum absolute atomic E-state index is 13.2. The monoisotopic (exact) mass is 307 g/mol. The van der Waals surface area contributed by atoms with Gasteiger partial charge in [-0.1, -0.05) is 12.2 Å². The number of Topliss-reactive ketones (excluding diaryl/α,β-unsaturated/α-hetero) is 1. The average Bonchev–Trinajstić information content (AvgIpc) is 2.35. The first-order valence-electron chi connectivity index (χ1n) is 7.13. The molecule has 0 radical (unpaired) electrons. The van der Waals surface area contributed by atoms with E-state index in [0.717, 1.165) is 0 Å². The Balaban J connectivity index is 2.52. The second kappa shape index (κ2) is 7.73. The molecule has 0 aliphatic rings. The molecule has 0 fully saturated rings. The summed E-state index contributed by atoms with van der Waals surface area (Å²) in [5.74, 6) is -0.511. The molecule has 1 N–H and O–H groups in total. The molecule has 0 unspecified atom stereocenters. The van der Waals surface area contributed by atoms with Crippen molar-refractivity contribution in [1.29, 1.82) is 0 Å². The van der Waals surface area contributed by atoms with Crippen molar-refractivity contribution in [3.05, 3.63) is 41.2 Å². The second-order valence-corrected chi connectivity index (χ2v) is 5.91. The van der Waals surface area contributed by atoms with Crippen LogP contribution in [0.5, 0.6) is 0 Å². The van der Waals surface area contributed by atoms with E-state index in [0.29, 0.717) is 24.1 Å². The number of ketones is 1. The lowest BCUT2D eigenvalue weighted by molar-refractivity contribution is 0.0528. The minimum atomic E-state index is -0.530. The first-order valence-corrected chi connectivity index (χ1v) is 7.13. The summed E-state index contributed by atoms with van der Waals surface area (Å²) < 4.78 is 18.3. The fourth-order valence-electron chi connectivity index (χ4n) is 1.77. The molecule has 0 heterocycles. The summed E-state index contributed by atoms with van der Waals surface area (Å²) in [5, 5.41) is 2.62. The van der Waals surface area contributed by atoms with E-state index in [-0.39, 0.29) is 5.78 Å². The van der Waals surface area contributed by atoms with E-state index in [2.05, 4.69) is 5.32 Å². The SMILES string of the molecule is CC(=O)c1ccc(F)cc1C=CCCNC(=O)OC(C)(C)C. The Morgan fingerprint density at radius 3 is 2.59 bits per heavy atom. The molecule has 1 rings (SSSR count). The number of carbonyl (C=O) groups excluding carboxylic acids is 2. The van der Waals surface area contributed by atoms with Gasteiger partial charge >= 0.3 is 6.09 Å². The molecule has 1 amide bonds. The molecule has 1 aromatic rings. The molecule has 0 aliphatic heterocycles. The highest BCUT2D eigenvalue weighted by atomic mass is 19.1. The van der Waals surface area contributed by atoms with E-state index in [1.807, 2.05) is 0 Å². The van der Waals surface area contributed by atoms with Crippen molar-refractivity contribution in [1.82, 2.24) is 5.32 Å². The van der Waals surface area contributed by atoms with Gasteiger partial charge in [-0.3, -0.25) is 4.79 Å². The minimum Gasteiger partial charge on any atom is -0.444 e. The van der Waals surface area contributed by atoms with Crippen LogP contribution >= 0.6 is 0 Å².